The number of hydrogen-bond donors (Lipinski definition) is 2. The minimum absolute atomic E-state index is 0.200. The molecule has 1 saturated heterocycles. The molecule has 1 heterocycles. The molecule has 0 aromatic heterocycles. The average Bonchev–Trinajstić information content (AvgIpc) is 2.72. The van der Waals surface area contributed by atoms with E-state index in [0.29, 0.717) is 0 Å². The van der Waals surface area contributed by atoms with E-state index in [0.717, 1.165) is 38.8 Å². The van der Waals surface area contributed by atoms with E-state index in [2.05, 4.69) is 76.0 Å². The van der Waals surface area contributed by atoms with Gasteiger partial charge in [0.15, 0.2) is 5.96 Å². The van der Waals surface area contributed by atoms with Crippen molar-refractivity contribution in [2.24, 2.45) is 4.99 Å². The summed E-state index contributed by atoms with van der Waals surface area (Å²) in [6.45, 7) is 6.43. The van der Waals surface area contributed by atoms with Crippen LogP contribution in [0.3, 0.4) is 0 Å². The fourth-order valence-electron chi connectivity index (χ4n) is 3.06. The molecule has 0 aliphatic carbocycles. The normalized spacial score (nSPS) is 16.2. The second-order valence-electron chi connectivity index (χ2n) is 6.47. The van der Waals surface area contributed by atoms with Gasteiger partial charge >= 0.3 is 0 Å². The molecule has 5 nitrogen and oxygen atoms in total. The molecule has 1 aliphatic heterocycles. The van der Waals surface area contributed by atoms with Crippen LogP contribution < -0.4 is 15.5 Å². The van der Waals surface area contributed by atoms with Crippen LogP contribution in [0.5, 0.6) is 0 Å². The predicted octanol–water partition coefficient (Wildman–Crippen LogP) is 2.95. The molecule has 0 spiro atoms. The molecular weight excluding hydrogens is 324 g/mol. The molecule has 1 unspecified atom stereocenters. The first-order chi connectivity index (χ1) is 12.8. The summed E-state index contributed by atoms with van der Waals surface area (Å²) in [5.74, 6) is 0.804. The third-order valence-corrected chi connectivity index (χ3v) is 4.65. The Hall–Kier alpha value is -2.53. The van der Waals surface area contributed by atoms with Crippen LogP contribution in [0.4, 0.5) is 5.69 Å². The molecular formula is C21H28N4O. The van der Waals surface area contributed by atoms with Gasteiger partial charge in [0.2, 0.25) is 0 Å². The Labute approximate surface area is 156 Å². The molecule has 26 heavy (non-hydrogen) atoms. The van der Waals surface area contributed by atoms with Gasteiger partial charge in [0.25, 0.3) is 0 Å². The molecule has 5 heteroatoms. The number of nitrogens with zero attached hydrogens (tertiary/aromatic N) is 2. The Morgan fingerprint density at radius 1 is 1.08 bits per heavy atom. The SMILES string of the molecule is CN=C(NCc1ccc(N2CCOCC2)cc1)NC(C)c1ccccc1. The minimum atomic E-state index is 0.200. The summed E-state index contributed by atoms with van der Waals surface area (Å²) < 4.78 is 5.41. The van der Waals surface area contributed by atoms with Crippen LogP contribution in [0.2, 0.25) is 0 Å². The standard InChI is InChI=1S/C21H28N4O/c1-17(19-6-4-3-5-7-19)24-21(22-2)23-16-18-8-10-20(11-9-18)25-12-14-26-15-13-25/h3-11,17H,12-16H2,1-2H3,(H2,22,23,24). The number of aliphatic imine (C=N–C) groups is 1. The van der Waals surface area contributed by atoms with E-state index in [1.807, 2.05) is 6.07 Å². The van der Waals surface area contributed by atoms with Gasteiger partial charge < -0.3 is 20.3 Å². The summed E-state index contributed by atoms with van der Waals surface area (Å²) in [5, 5.41) is 6.82. The van der Waals surface area contributed by atoms with Crippen LogP contribution in [-0.2, 0) is 11.3 Å². The summed E-state index contributed by atoms with van der Waals surface area (Å²) in [5.41, 5.74) is 3.74. The van der Waals surface area contributed by atoms with Crippen LogP contribution in [0.15, 0.2) is 59.6 Å². The highest BCUT2D eigenvalue weighted by atomic mass is 16.5. The highest BCUT2D eigenvalue weighted by Gasteiger charge is 2.11. The van der Waals surface area contributed by atoms with Gasteiger partial charge in [0.05, 0.1) is 19.3 Å². The molecule has 138 valence electrons. The second kappa shape index (κ2) is 9.25. The first-order valence-corrected chi connectivity index (χ1v) is 9.20. The highest BCUT2D eigenvalue weighted by Crippen LogP contribution is 2.16. The summed E-state index contributed by atoms with van der Waals surface area (Å²) in [7, 11) is 1.80. The zero-order valence-corrected chi connectivity index (χ0v) is 15.6. The summed E-state index contributed by atoms with van der Waals surface area (Å²) in [6.07, 6.45) is 0. The van der Waals surface area contributed by atoms with Crippen LogP contribution in [0.25, 0.3) is 0 Å². The van der Waals surface area contributed by atoms with Crippen molar-refractivity contribution in [1.29, 1.82) is 0 Å². The predicted molar refractivity (Wildman–Crippen MR) is 108 cm³/mol. The van der Waals surface area contributed by atoms with Gasteiger partial charge in [-0.2, -0.15) is 0 Å². The maximum Gasteiger partial charge on any atom is 0.191 e. The number of ether oxygens (including phenoxy) is 1. The van der Waals surface area contributed by atoms with E-state index in [1.54, 1.807) is 7.05 Å². The molecule has 2 N–H and O–H groups in total. The van der Waals surface area contributed by atoms with E-state index in [1.165, 1.54) is 16.8 Å². The first-order valence-electron chi connectivity index (χ1n) is 9.20. The van der Waals surface area contributed by atoms with Crippen molar-refractivity contribution < 1.29 is 4.74 Å². The van der Waals surface area contributed by atoms with Gasteiger partial charge in [-0.3, -0.25) is 4.99 Å². The summed E-state index contributed by atoms with van der Waals surface area (Å²) >= 11 is 0. The van der Waals surface area contributed by atoms with Gasteiger partial charge in [-0.25, -0.2) is 0 Å². The quantitative estimate of drug-likeness (QED) is 0.642. The fraction of sp³-hybridized carbons (Fsp3) is 0.381. The lowest BCUT2D eigenvalue weighted by atomic mass is 10.1. The molecule has 0 bridgehead atoms. The Morgan fingerprint density at radius 3 is 2.42 bits per heavy atom. The zero-order valence-electron chi connectivity index (χ0n) is 15.6. The average molecular weight is 352 g/mol. The molecule has 3 rings (SSSR count). The maximum atomic E-state index is 5.41. The van der Waals surface area contributed by atoms with Crippen molar-refractivity contribution in [3.63, 3.8) is 0 Å². The highest BCUT2D eigenvalue weighted by molar-refractivity contribution is 5.80. The number of rotatable bonds is 5. The molecule has 1 fully saturated rings. The number of guanidine groups is 1. The molecule has 2 aromatic carbocycles. The van der Waals surface area contributed by atoms with Gasteiger partial charge in [-0.15, -0.1) is 0 Å². The molecule has 0 saturated carbocycles. The van der Waals surface area contributed by atoms with E-state index in [9.17, 15) is 0 Å². The zero-order chi connectivity index (χ0) is 18.2. The van der Waals surface area contributed by atoms with Crippen molar-refractivity contribution in [3.05, 3.63) is 65.7 Å². The van der Waals surface area contributed by atoms with Crippen LogP contribution in [-0.4, -0.2) is 39.3 Å². The van der Waals surface area contributed by atoms with Gasteiger partial charge in [-0.05, 0) is 30.2 Å². The largest absolute Gasteiger partial charge is 0.378 e. The number of hydrogen-bond acceptors (Lipinski definition) is 3. The van der Waals surface area contributed by atoms with Crippen LogP contribution in [0, 0.1) is 0 Å². The Balaban J connectivity index is 1.52. The summed E-state index contributed by atoms with van der Waals surface area (Å²) in [6, 6.07) is 19.3. The Kier molecular flexibility index (Phi) is 6.50. The lowest BCUT2D eigenvalue weighted by molar-refractivity contribution is 0.122. The number of anilines is 1. The maximum absolute atomic E-state index is 5.41. The number of benzene rings is 2. The van der Waals surface area contributed by atoms with Crippen LogP contribution >= 0.6 is 0 Å². The van der Waals surface area contributed by atoms with Crippen molar-refractivity contribution in [1.82, 2.24) is 10.6 Å². The Morgan fingerprint density at radius 2 is 1.77 bits per heavy atom. The van der Waals surface area contributed by atoms with Gasteiger partial charge in [-0.1, -0.05) is 42.5 Å². The third-order valence-electron chi connectivity index (χ3n) is 4.65. The van der Waals surface area contributed by atoms with Gasteiger partial charge in [0.1, 0.15) is 0 Å². The van der Waals surface area contributed by atoms with E-state index < -0.39 is 0 Å². The third kappa shape index (κ3) is 4.99. The Bertz CT molecular complexity index is 694. The molecule has 2 aromatic rings. The van der Waals surface area contributed by atoms with Crippen molar-refractivity contribution in [3.8, 4) is 0 Å². The summed E-state index contributed by atoms with van der Waals surface area (Å²) in [4.78, 5) is 6.70. The molecule has 1 atom stereocenters. The van der Waals surface area contributed by atoms with E-state index >= 15 is 0 Å². The topological polar surface area (TPSA) is 48.9 Å². The first kappa shape index (κ1) is 18.3. The van der Waals surface area contributed by atoms with E-state index in [4.69, 9.17) is 4.74 Å². The van der Waals surface area contributed by atoms with Crippen LogP contribution in [0.1, 0.15) is 24.1 Å². The van der Waals surface area contributed by atoms with E-state index in [-0.39, 0.29) is 6.04 Å². The van der Waals surface area contributed by atoms with Crippen molar-refractivity contribution in [2.75, 3.05) is 38.3 Å². The monoisotopic (exact) mass is 352 g/mol. The van der Waals surface area contributed by atoms with Gasteiger partial charge in [0, 0.05) is 32.4 Å². The lowest BCUT2D eigenvalue weighted by Gasteiger charge is -2.29. The fourth-order valence-corrected chi connectivity index (χ4v) is 3.06. The minimum Gasteiger partial charge on any atom is -0.378 e. The molecule has 0 amide bonds. The lowest BCUT2D eigenvalue weighted by Crippen LogP contribution is -2.38. The number of morpholine rings is 1. The second-order valence-corrected chi connectivity index (χ2v) is 6.47. The van der Waals surface area contributed by atoms with Crippen molar-refractivity contribution in [2.45, 2.75) is 19.5 Å². The smallest absolute Gasteiger partial charge is 0.191 e. The number of nitrogens with one attached hydrogen (secondary N) is 2. The molecule has 0 radical (unpaired) electrons. The van der Waals surface area contributed by atoms with Crippen molar-refractivity contribution >= 4 is 11.6 Å². The molecule has 1 aliphatic rings.